The van der Waals surface area contributed by atoms with Crippen molar-refractivity contribution in [3.05, 3.63) is 47.6 Å². The zero-order valence-electron chi connectivity index (χ0n) is 11.6. The van der Waals surface area contributed by atoms with Gasteiger partial charge in [-0.05, 0) is 32.3 Å². The molecule has 0 aliphatic rings. The number of aryl methyl sites for hydroxylation is 2. The van der Waals surface area contributed by atoms with Crippen LogP contribution in [0, 0.1) is 6.92 Å². The van der Waals surface area contributed by atoms with Gasteiger partial charge in [0.15, 0.2) is 6.33 Å². The molecule has 102 valence electrons. The molecule has 0 saturated heterocycles. The Hall–Kier alpha value is -1.68. The van der Waals surface area contributed by atoms with Gasteiger partial charge in [-0.25, -0.2) is 0 Å². The van der Waals surface area contributed by atoms with E-state index in [9.17, 15) is 0 Å². The standard InChI is InChI=1S/C15H21N3O/c1-12-4-3-5-14(10-12)7-6-13(2)16-9-8-15-17-11-18-19-15/h3-5,10-11,13,16H,6-9H2,1-2H3. The van der Waals surface area contributed by atoms with Gasteiger partial charge in [0.25, 0.3) is 0 Å². The number of aromatic nitrogens is 2. The Balaban J connectivity index is 1.65. The van der Waals surface area contributed by atoms with Gasteiger partial charge >= 0.3 is 0 Å². The fourth-order valence-electron chi connectivity index (χ4n) is 2.08. The lowest BCUT2D eigenvalue weighted by Crippen LogP contribution is -2.28. The lowest BCUT2D eigenvalue weighted by molar-refractivity contribution is 0.371. The Morgan fingerprint density at radius 1 is 1.32 bits per heavy atom. The molecule has 0 fully saturated rings. The van der Waals surface area contributed by atoms with Crippen LogP contribution in [0.15, 0.2) is 35.1 Å². The molecule has 1 aromatic carbocycles. The smallest absolute Gasteiger partial charge is 0.227 e. The van der Waals surface area contributed by atoms with E-state index in [1.54, 1.807) is 0 Å². The number of nitrogens with zero attached hydrogens (tertiary/aromatic N) is 2. The van der Waals surface area contributed by atoms with Crippen LogP contribution >= 0.6 is 0 Å². The number of benzene rings is 1. The molecule has 4 nitrogen and oxygen atoms in total. The first-order valence-corrected chi connectivity index (χ1v) is 6.78. The van der Waals surface area contributed by atoms with Crippen LogP contribution in [0.5, 0.6) is 0 Å². The predicted molar refractivity (Wildman–Crippen MR) is 75.0 cm³/mol. The van der Waals surface area contributed by atoms with E-state index in [-0.39, 0.29) is 0 Å². The van der Waals surface area contributed by atoms with Gasteiger partial charge < -0.3 is 9.84 Å². The van der Waals surface area contributed by atoms with Crippen LogP contribution < -0.4 is 5.32 Å². The molecule has 0 amide bonds. The first-order chi connectivity index (χ1) is 9.24. The number of rotatable bonds is 7. The molecule has 1 N–H and O–H groups in total. The highest BCUT2D eigenvalue weighted by molar-refractivity contribution is 5.22. The third kappa shape index (κ3) is 4.83. The van der Waals surface area contributed by atoms with E-state index in [1.807, 2.05) is 0 Å². The zero-order valence-corrected chi connectivity index (χ0v) is 11.6. The topological polar surface area (TPSA) is 51.0 Å². The molecule has 1 heterocycles. The first-order valence-electron chi connectivity index (χ1n) is 6.78. The van der Waals surface area contributed by atoms with Gasteiger partial charge in [-0.15, -0.1) is 0 Å². The molecule has 0 saturated carbocycles. The molecule has 2 aromatic rings. The summed E-state index contributed by atoms with van der Waals surface area (Å²) < 4.78 is 4.96. The van der Waals surface area contributed by atoms with Crippen LogP contribution in [0.4, 0.5) is 0 Å². The average Bonchev–Trinajstić information content (AvgIpc) is 2.90. The highest BCUT2D eigenvalue weighted by Crippen LogP contribution is 2.08. The summed E-state index contributed by atoms with van der Waals surface area (Å²) in [5.41, 5.74) is 2.74. The highest BCUT2D eigenvalue weighted by Gasteiger charge is 2.04. The first kappa shape index (κ1) is 13.7. The summed E-state index contributed by atoms with van der Waals surface area (Å²) in [6.07, 6.45) is 4.47. The second-order valence-corrected chi connectivity index (χ2v) is 4.97. The van der Waals surface area contributed by atoms with Crippen molar-refractivity contribution in [1.82, 2.24) is 15.5 Å². The molecule has 19 heavy (non-hydrogen) atoms. The average molecular weight is 259 g/mol. The summed E-state index contributed by atoms with van der Waals surface area (Å²) in [6.45, 7) is 5.22. The van der Waals surface area contributed by atoms with Crippen molar-refractivity contribution in [2.24, 2.45) is 0 Å². The summed E-state index contributed by atoms with van der Waals surface area (Å²) in [6, 6.07) is 9.19. The molecule has 1 unspecified atom stereocenters. The van der Waals surface area contributed by atoms with Crippen molar-refractivity contribution in [3.8, 4) is 0 Å². The molecule has 0 aliphatic heterocycles. The van der Waals surface area contributed by atoms with Crippen molar-refractivity contribution in [1.29, 1.82) is 0 Å². The van der Waals surface area contributed by atoms with E-state index in [2.05, 4.69) is 53.6 Å². The third-order valence-electron chi connectivity index (χ3n) is 3.19. The SMILES string of the molecule is Cc1cccc(CCC(C)NCCc2ncno2)c1. The van der Waals surface area contributed by atoms with Crippen LogP contribution in [0.25, 0.3) is 0 Å². The monoisotopic (exact) mass is 259 g/mol. The fourth-order valence-corrected chi connectivity index (χ4v) is 2.08. The third-order valence-corrected chi connectivity index (χ3v) is 3.19. The predicted octanol–water partition coefficient (Wildman–Crippen LogP) is 2.53. The minimum Gasteiger partial charge on any atom is -0.340 e. The maximum Gasteiger partial charge on any atom is 0.227 e. The van der Waals surface area contributed by atoms with Crippen LogP contribution in [-0.2, 0) is 12.8 Å². The van der Waals surface area contributed by atoms with E-state index < -0.39 is 0 Å². The zero-order chi connectivity index (χ0) is 13.5. The van der Waals surface area contributed by atoms with E-state index in [0.29, 0.717) is 11.9 Å². The van der Waals surface area contributed by atoms with Gasteiger partial charge in [0.05, 0.1) is 0 Å². The van der Waals surface area contributed by atoms with Crippen LogP contribution in [-0.4, -0.2) is 22.7 Å². The summed E-state index contributed by atoms with van der Waals surface area (Å²) in [5.74, 6) is 0.693. The molecule has 0 aliphatic carbocycles. The van der Waals surface area contributed by atoms with Gasteiger partial charge in [0, 0.05) is 19.0 Å². The minimum atomic E-state index is 0.489. The summed E-state index contributed by atoms with van der Waals surface area (Å²) in [7, 11) is 0. The molecule has 0 bridgehead atoms. The molecule has 0 spiro atoms. The second kappa shape index (κ2) is 7.04. The number of hydrogen-bond donors (Lipinski definition) is 1. The molecule has 1 atom stereocenters. The number of hydrogen-bond acceptors (Lipinski definition) is 4. The van der Waals surface area contributed by atoms with Crippen molar-refractivity contribution in [2.75, 3.05) is 6.54 Å². The number of nitrogens with one attached hydrogen (secondary N) is 1. The summed E-state index contributed by atoms with van der Waals surface area (Å²) in [5, 5.41) is 7.07. The van der Waals surface area contributed by atoms with E-state index in [0.717, 1.165) is 25.8 Å². The second-order valence-electron chi connectivity index (χ2n) is 4.97. The van der Waals surface area contributed by atoms with Gasteiger partial charge in [0.2, 0.25) is 5.89 Å². The minimum absolute atomic E-state index is 0.489. The van der Waals surface area contributed by atoms with Crippen molar-refractivity contribution >= 4 is 0 Å². The molecule has 4 heteroatoms. The lowest BCUT2D eigenvalue weighted by atomic mass is 10.0. The van der Waals surface area contributed by atoms with Gasteiger partial charge in [-0.1, -0.05) is 35.0 Å². The summed E-state index contributed by atoms with van der Waals surface area (Å²) in [4.78, 5) is 4.00. The maximum absolute atomic E-state index is 4.96. The Bertz CT molecular complexity index is 482. The Morgan fingerprint density at radius 3 is 2.95 bits per heavy atom. The highest BCUT2D eigenvalue weighted by atomic mass is 16.5. The van der Waals surface area contributed by atoms with Crippen LogP contribution in [0.3, 0.4) is 0 Å². The fraction of sp³-hybridized carbons (Fsp3) is 0.467. The Kier molecular flexibility index (Phi) is 5.10. The normalized spacial score (nSPS) is 12.5. The lowest BCUT2D eigenvalue weighted by Gasteiger charge is -2.13. The molecule has 1 aromatic heterocycles. The van der Waals surface area contributed by atoms with Crippen LogP contribution in [0.2, 0.25) is 0 Å². The Labute approximate surface area is 114 Å². The van der Waals surface area contributed by atoms with E-state index in [4.69, 9.17) is 4.52 Å². The van der Waals surface area contributed by atoms with Gasteiger partial charge in [0.1, 0.15) is 0 Å². The maximum atomic E-state index is 4.96. The van der Waals surface area contributed by atoms with E-state index in [1.165, 1.54) is 17.5 Å². The quantitative estimate of drug-likeness (QED) is 0.830. The molecule has 0 radical (unpaired) electrons. The largest absolute Gasteiger partial charge is 0.340 e. The van der Waals surface area contributed by atoms with Crippen molar-refractivity contribution in [2.45, 2.75) is 39.2 Å². The summed E-state index contributed by atoms with van der Waals surface area (Å²) >= 11 is 0. The molecule has 2 rings (SSSR count). The van der Waals surface area contributed by atoms with Gasteiger partial charge in [-0.3, -0.25) is 0 Å². The molecular weight excluding hydrogens is 238 g/mol. The van der Waals surface area contributed by atoms with E-state index >= 15 is 0 Å². The Morgan fingerprint density at radius 2 is 2.21 bits per heavy atom. The van der Waals surface area contributed by atoms with Crippen molar-refractivity contribution < 1.29 is 4.52 Å². The van der Waals surface area contributed by atoms with Gasteiger partial charge in [-0.2, -0.15) is 4.98 Å². The molecular formula is C15H21N3O. The van der Waals surface area contributed by atoms with Crippen molar-refractivity contribution in [3.63, 3.8) is 0 Å². The van der Waals surface area contributed by atoms with Crippen LogP contribution in [0.1, 0.15) is 30.4 Å².